The van der Waals surface area contributed by atoms with Gasteiger partial charge in [0.15, 0.2) is 21.3 Å². The van der Waals surface area contributed by atoms with E-state index in [4.69, 9.17) is 4.42 Å². The summed E-state index contributed by atoms with van der Waals surface area (Å²) in [6, 6.07) is 6.24. The highest BCUT2D eigenvalue weighted by Crippen LogP contribution is 2.39. The highest BCUT2D eigenvalue weighted by Gasteiger charge is 2.37. The molecule has 0 spiro atoms. The summed E-state index contributed by atoms with van der Waals surface area (Å²) in [7, 11) is -3.30. The molecule has 0 radical (unpaired) electrons. The molecule has 1 aromatic carbocycles. The first-order valence-corrected chi connectivity index (χ1v) is 10.5. The SMILES string of the molecule is Cc1nc2cc(NC(=O)N[C@H]3C[C@H](C)S(=O)(=O)c4sccc43)ccc2o1. The number of urea groups is 1. The van der Waals surface area contributed by atoms with Crippen LogP contribution in [0.3, 0.4) is 0 Å². The molecule has 1 aliphatic heterocycles. The zero-order valence-electron chi connectivity index (χ0n) is 14.1. The number of thiophene rings is 1. The van der Waals surface area contributed by atoms with E-state index >= 15 is 0 Å². The molecule has 2 aromatic heterocycles. The molecule has 2 amide bonds. The summed E-state index contributed by atoms with van der Waals surface area (Å²) in [6.07, 6.45) is 0.348. The van der Waals surface area contributed by atoms with Gasteiger partial charge in [0, 0.05) is 18.2 Å². The maximum absolute atomic E-state index is 12.4. The number of carbonyl (C=O) groups is 1. The third-order valence-electron chi connectivity index (χ3n) is 4.45. The minimum Gasteiger partial charge on any atom is -0.441 e. The molecule has 0 saturated carbocycles. The summed E-state index contributed by atoms with van der Waals surface area (Å²) in [5, 5.41) is 6.86. The van der Waals surface area contributed by atoms with Gasteiger partial charge in [-0.1, -0.05) is 0 Å². The molecular weight excluding hydrogens is 374 g/mol. The van der Waals surface area contributed by atoms with E-state index < -0.39 is 21.1 Å². The number of nitrogens with zero attached hydrogens (tertiary/aromatic N) is 1. The van der Waals surface area contributed by atoms with Crippen molar-refractivity contribution in [2.75, 3.05) is 5.32 Å². The van der Waals surface area contributed by atoms with Gasteiger partial charge >= 0.3 is 6.03 Å². The van der Waals surface area contributed by atoms with Crippen molar-refractivity contribution in [3.8, 4) is 0 Å². The first kappa shape index (κ1) is 17.0. The number of fused-ring (bicyclic) bond motifs is 2. The minimum absolute atomic E-state index is 0.340. The number of aromatic nitrogens is 1. The van der Waals surface area contributed by atoms with Gasteiger partial charge in [-0.2, -0.15) is 0 Å². The van der Waals surface area contributed by atoms with Gasteiger partial charge in [0.2, 0.25) is 0 Å². The van der Waals surface area contributed by atoms with E-state index in [-0.39, 0.29) is 6.04 Å². The molecule has 1 aliphatic rings. The van der Waals surface area contributed by atoms with Crippen molar-refractivity contribution < 1.29 is 17.6 Å². The molecule has 4 rings (SSSR count). The largest absolute Gasteiger partial charge is 0.441 e. The number of anilines is 1. The molecule has 0 bridgehead atoms. The molecule has 0 unspecified atom stereocenters. The Balaban J connectivity index is 1.53. The van der Waals surface area contributed by atoms with Gasteiger partial charge in [-0.25, -0.2) is 18.2 Å². The molecule has 2 N–H and O–H groups in total. The lowest BCUT2D eigenvalue weighted by Crippen LogP contribution is -2.38. The average molecular weight is 391 g/mol. The number of amides is 2. The number of nitrogens with one attached hydrogen (secondary N) is 2. The Morgan fingerprint density at radius 2 is 2.15 bits per heavy atom. The van der Waals surface area contributed by atoms with Gasteiger partial charge in [-0.05, 0) is 43.0 Å². The fourth-order valence-corrected chi connectivity index (χ4v) is 6.38. The highest BCUT2D eigenvalue weighted by molar-refractivity contribution is 7.94. The Morgan fingerprint density at radius 3 is 2.96 bits per heavy atom. The van der Waals surface area contributed by atoms with E-state index in [2.05, 4.69) is 15.6 Å². The Labute approximate surface area is 154 Å². The number of aryl methyl sites for hydroxylation is 1. The molecule has 3 heterocycles. The Bertz CT molecular complexity index is 1100. The number of benzene rings is 1. The summed E-state index contributed by atoms with van der Waals surface area (Å²) < 4.78 is 30.5. The molecule has 3 aromatic rings. The molecule has 136 valence electrons. The van der Waals surface area contributed by atoms with Gasteiger partial charge in [-0.3, -0.25) is 0 Å². The molecule has 0 aliphatic carbocycles. The van der Waals surface area contributed by atoms with Crippen LogP contribution in [0.2, 0.25) is 0 Å². The summed E-state index contributed by atoms with van der Waals surface area (Å²) in [5.74, 6) is 0.559. The summed E-state index contributed by atoms with van der Waals surface area (Å²) >= 11 is 1.20. The van der Waals surface area contributed by atoms with Gasteiger partial charge in [0.25, 0.3) is 0 Å². The number of sulfone groups is 1. The predicted octanol–water partition coefficient (Wildman–Crippen LogP) is 3.63. The van der Waals surface area contributed by atoms with Crippen LogP contribution in [0.4, 0.5) is 10.5 Å². The smallest absolute Gasteiger partial charge is 0.319 e. The van der Waals surface area contributed by atoms with Gasteiger partial charge in [0.1, 0.15) is 9.73 Å². The van der Waals surface area contributed by atoms with Crippen molar-refractivity contribution in [1.29, 1.82) is 0 Å². The van der Waals surface area contributed by atoms with Crippen LogP contribution >= 0.6 is 11.3 Å². The van der Waals surface area contributed by atoms with Crippen molar-refractivity contribution in [1.82, 2.24) is 10.3 Å². The van der Waals surface area contributed by atoms with E-state index in [9.17, 15) is 13.2 Å². The molecule has 2 atom stereocenters. The van der Waals surface area contributed by atoms with Crippen LogP contribution in [-0.2, 0) is 9.84 Å². The second kappa shape index (κ2) is 6.10. The van der Waals surface area contributed by atoms with Crippen molar-refractivity contribution in [2.24, 2.45) is 0 Å². The highest BCUT2D eigenvalue weighted by atomic mass is 32.2. The number of rotatable bonds is 2. The number of hydrogen-bond acceptors (Lipinski definition) is 6. The fraction of sp³-hybridized carbons (Fsp3) is 0.294. The van der Waals surface area contributed by atoms with Gasteiger partial charge in [-0.15, -0.1) is 11.3 Å². The average Bonchev–Trinajstić information content (AvgIpc) is 3.18. The Hall–Kier alpha value is -2.39. The molecule has 26 heavy (non-hydrogen) atoms. The second-order valence-corrected chi connectivity index (χ2v) is 9.80. The third kappa shape index (κ3) is 2.86. The maximum atomic E-state index is 12.4. The van der Waals surface area contributed by atoms with Crippen molar-refractivity contribution >= 4 is 44.0 Å². The van der Waals surface area contributed by atoms with E-state index in [0.717, 1.165) is 0 Å². The zero-order valence-corrected chi connectivity index (χ0v) is 15.8. The molecule has 0 saturated heterocycles. The predicted molar refractivity (Wildman–Crippen MR) is 99.2 cm³/mol. The normalized spacial score (nSPS) is 21.3. The molecule has 0 fully saturated rings. The Kier molecular flexibility index (Phi) is 4.00. The van der Waals surface area contributed by atoms with Crippen molar-refractivity contribution in [3.63, 3.8) is 0 Å². The van der Waals surface area contributed by atoms with Crippen molar-refractivity contribution in [2.45, 2.75) is 35.8 Å². The van der Waals surface area contributed by atoms with Crippen LogP contribution in [-0.4, -0.2) is 24.7 Å². The Morgan fingerprint density at radius 1 is 1.35 bits per heavy atom. The molecular formula is C17H17N3O4S2. The number of hydrogen-bond donors (Lipinski definition) is 2. The third-order valence-corrected chi connectivity index (χ3v) is 8.16. The lowest BCUT2D eigenvalue weighted by atomic mass is 10.1. The molecule has 7 nitrogen and oxygen atoms in total. The summed E-state index contributed by atoms with van der Waals surface area (Å²) in [4.78, 5) is 16.7. The summed E-state index contributed by atoms with van der Waals surface area (Å²) in [5.41, 5.74) is 2.57. The zero-order chi connectivity index (χ0) is 18.5. The minimum atomic E-state index is -3.30. The van der Waals surface area contributed by atoms with Crippen LogP contribution in [0.5, 0.6) is 0 Å². The second-order valence-electron chi connectivity index (χ2n) is 6.32. The fourth-order valence-electron chi connectivity index (χ4n) is 3.15. The van der Waals surface area contributed by atoms with E-state index in [1.165, 1.54) is 11.3 Å². The van der Waals surface area contributed by atoms with Crippen LogP contribution in [0, 0.1) is 6.92 Å². The van der Waals surface area contributed by atoms with Crippen LogP contribution in [0.1, 0.15) is 30.8 Å². The lowest BCUT2D eigenvalue weighted by molar-refractivity contribution is 0.247. The van der Waals surface area contributed by atoms with E-state index in [0.29, 0.717) is 38.9 Å². The van der Waals surface area contributed by atoms with Crippen LogP contribution < -0.4 is 10.6 Å². The lowest BCUT2D eigenvalue weighted by Gasteiger charge is -2.28. The van der Waals surface area contributed by atoms with Crippen molar-refractivity contribution in [3.05, 3.63) is 41.1 Å². The number of oxazole rings is 1. The quantitative estimate of drug-likeness (QED) is 0.695. The first-order chi connectivity index (χ1) is 12.3. The maximum Gasteiger partial charge on any atom is 0.319 e. The van der Waals surface area contributed by atoms with E-state index in [1.54, 1.807) is 43.5 Å². The van der Waals surface area contributed by atoms with Crippen LogP contribution in [0.15, 0.2) is 38.3 Å². The standard InChI is InChI=1S/C17H17N3O4S2/c1-9-7-13(12-5-6-25-16(12)26(9,22)23)20-17(21)19-11-3-4-15-14(8-11)18-10(2)24-15/h3-6,8-9,13H,7H2,1-2H3,(H2,19,20,21)/t9-,13-/m0/s1. The monoisotopic (exact) mass is 391 g/mol. The van der Waals surface area contributed by atoms with Crippen LogP contribution in [0.25, 0.3) is 11.1 Å². The first-order valence-electron chi connectivity index (χ1n) is 8.10. The topological polar surface area (TPSA) is 101 Å². The summed E-state index contributed by atoms with van der Waals surface area (Å²) in [6.45, 7) is 3.43. The molecule has 9 heteroatoms. The van der Waals surface area contributed by atoms with Gasteiger partial charge < -0.3 is 15.1 Å². The van der Waals surface area contributed by atoms with E-state index in [1.807, 2.05) is 0 Å². The number of carbonyl (C=O) groups excluding carboxylic acids is 1. The van der Waals surface area contributed by atoms with Gasteiger partial charge in [0.05, 0.1) is 11.3 Å².